The molecule has 0 spiro atoms. The molecule has 0 aliphatic carbocycles. The first-order chi connectivity index (χ1) is 12.2. The highest BCUT2D eigenvalue weighted by Crippen LogP contribution is 2.37. The van der Waals surface area contributed by atoms with Crippen LogP contribution in [0.3, 0.4) is 0 Å². The van der Waals surface area contributed by atoms with Crippen molar-refractivity contribution in [1.82, 2.24) is 4.90 Å². The van der Waals surface area contributed by atoms with Crippen molar-refractivity contribution >= 4 is 5.91 Å². The molecule has 4 rings (SSSR count). The number of carbonyl (C=O) groups is 1. The first-order valence-corrected chi connectivity index (χ1v) is 8.98. The Labute approximate surface area is 148 Å². The molecule has 25 heavy (non-hydrogen) atoms. The van der Waals surface area contributed by atoms with Crippen molar-refractivity contribution in [2.24, 2.45) is 5.92 Å². The topological polar surface area (TPSA) is 38.8 Å². The zero-order valence-corrected chi connectivity index (χ0v) is 14.5. The molecule has 4 heteroatoms. The van der Waals surface area contributed by atoms with E-state index in [1.807, 2.05) is 23.1 Å². The molecular formula is C21H23NO3. The predicted molar refractivity (Wildman–Crippen MR) is 95.6 cm³/mol. The van der Waals surface area contributed by atoms with E-state index in [1.54, 1.807) is 0 Å². The van der Waals surface area contributed by atoms with Gasteiger partial charge in [-0.05, 0) is 48.1 Å². The maximum atomic E-state index is 13.1. The van der Waals surface area contributed by atoms with E-state index in [4.69, 9.17) is 9.47 Å². The van der Waals surface area contributed by atoms with E-state index >= 15 is 0 Å². The minimum absolute atomic E-state index is 0.0319. The van der Waals surface area contributed by atoms with Crippen molar-refractivity contribution in [3.63, 3.8) is 0 Å². The number of hydrogen-bond donors (Lipinski definition) is 0. The van der Waals surface area contributed by atoms with Gasteiger partial charge in [-0.15, -0.1) is 0 Å². The molecule has 0 aromatic heterocycles. The van der Waals surface area contributed by atoms with E-state index in [0.717, 1.165) is 37.3 Å². The molecule has 130 valence electrons. The lowest BCUT2D eigenvalue weighted by molar-refractivity contribution is -0.135. The first kappa shape index (κ1) is 16.0. The van der Waals surface area contributed by atoms with Crippen molar-refractivity contribution in [2.75, 3.05) is 13.3 Å². The average Bonchev–Trinajstić information content (AvgIpc) is 3.03. The molecule has 0 bridgehead atoms. The van der Waals surface area contributed by atoms with Gasteiger partial charge in [0.25, 0.3) is 0 Å². The number of hydrogen-bond acceptors (Lipinski definition) is 3. The van der Waals surface area contributed by atoms with E-state index in [1.165, 1.54) is 16.7 Å². The van der Waals surface area contributed by atoms with E-state index in [0.29, 0.717) is 6.54 Å². The Morgan fingerprint density at radius 3 is 2.52 bits per heavy atom. The Hall–Kier alpha value is -2.49. The van der Waals surface area contributed by atoms with Crippen LogP contribution in [-0.2, 0) is 24.2 Å². The lowest BCUT2D eigenvalue weighted by atomic mass is 9.91. The summed E-state index contributed by atoms with van der Waals surface area (Å²) in [6, 6.07) is 14.4. The van der Waals surface area contributed by atoms with Crippen LogP contribution in [-0.4, -0.2) is 24.1 Å². The van der Waals surface area contributed by atoms with Crippen LogP contribution in [0.4, 0.5) is 0 Å². The predicted octanol–water partition coefficient (Wildman–Crippen LogP) is 3.57. The molecule has 2 aromatic rings. The van der Waals surface area contributed by atoms with Crippen LogP contribution in [0.2, 0.25) is 0 Å². The fraction of sp³-hybridized carbons (Fsp3) is 0.381. The molecule has 0 saturated heterocycles. The number of amides is 1. The van der Waals surface area contributed by atoms with Gasteiger partial charge in [0.15, 0.2) is 11.5 Å². The van der Waals surface area contributed by atoms with Gasteiger partial charge in [0.05, 0.1) is 0 Å². The van der Waals surface area contributed by atoms with Crippen LogP contribution >= 0.6 is 0 Å². The van der Waals surface area contributed by atoms with E-state index in [-0.39, 0.29) is 18.6 Å². The van der Waals surface area contributed by atoms with Crippen molar-refractivity contribution in [3.8, 4) is 11.5 Å². The molecule has 2 aliphatic rings. The number of rotatable bonds is 4. The summed E-state index contributed by atoms with van der Waals surface area (Å²) in [4.78, 5) is 15.1. The molecule has 2 aliphatic heterocycles. The summed E-state index contributed by atoms with van der Waals surface area (Å²) in [5.41, 5.74) is 3.60. The van der Waals surface area contributed by atoms with Gasteiger partial charge in [0.1, 0.15) is 0 Å². The number of ether oxygens (including phenoxy) is 2. The van der Waals surface area contributed by atoms with E-state index < -0.39 is 0 Å². The molecule has 0 fully saturated rings. The van der Waals surface area contributed by atoms with Crippen molar-refractivity contribution in [3.05, 3.63) is 59.2 Å². The van der Waals surface area contributed by atoms with Crippen LogP contribution in [0.1, 0.15) is 30.0 Å². The van der Waals surface area contributed by atoms with Gasteiger partial charge in [-0.1, -0.05) is 37.3 Å². The molecule has 1 amide bonds. The fourth-order valence-corrected chi connectivity index (χ4v) is 3.78. The van der Waals surface area contributed by atoms with Gasteiger partial charge >= 0.3 is 0 Å². The van der Waals surface area contributed by atoms with Gasteiger partial charge in [0.2, 0.25) is 12.7 Å². The standard InChI is InChI=1S/C21H23NO3/c1-2-8-22-13-18-12-20-19(24-14-25-20)11-16(18)10-17(21(22)23)9-15-6-4-3-5-7-15/h3-7,11-12,17H,2,8-10,13-14H2,1H3. The lowest BCUT2D eigenvalue weighted by Crippen LogP contribution is -2.36. The summed E-state index contributed by atoms with van der Waals surface area (Å²) in [7, 11) is 0. The summed E-state index contributed by atoms with van der Waals surface area (Å²) in [5, 5.41) is 0. The highest BCUT2D eigenvalue weighted by Gasteiger charge is 2.31. The third-order valence-electron chi connectivity index (χ3n) is 5.00. The maximum absolute atomic E-state index is 13.1. The normalized spacial score (nSPS) is 18.8. The third kappa shape index (κ3) is 3.21. The van der Waals surface area contributed by atoms with Gasteiger partial charge in [-0.2, -0.15) is 0 Å². The summed E-state index contributed by atoms with van der Waals surface area (Å²) in [6.45, 7) is 3.84. The van der Waals surface area contributed by atoms with Gasteiger partial charge in [-0.3, -0.25) is 4.79 Å². The van der Waals surface area contributed by atoms with Crippen molar-refractivity contribution in [1.29, 1.82) is 0 Å². The molecule has 0 saturated carbocycles. The Bertz CT molecular complexity index is 772. The van der Waals surface area contributed by atoms with Crippen LogP contribution in [0, 0.1) is 5.92 Å². The molecule has 1 atom stereocenters. The summed E-state index contributed by atoms with van der Waals surface area (Å²) in [5.74, 6) is 1.82. The third-order valence-corrected chi connectivity index (χ3v) is 5.00. The highest BCUT2D eigenvalue weighted by atomic mass is 16.7. The number of benzene rings is 2. The Morgan fingerprint density at radius 1 is 1.08 bits per heavy atom. The molecule has 1 unspecified atom stereocenters. The van der Waals surface area contributed by atoms with Gasteiger partial charge in [-0.25, -0.2) is 0 Å². The average molecular weight is 337 g/mol. The zero-order valence-electron chi connectivity index (χ0n) is 14.5. The smallest absolute Gasteiger partial charge is 0.231 e. The van der Waals surface area contributed by atoms with Gasteiger partial charge < -0.3 is 14.4 Å². The monoisotopic (exact) mass is 337 g/mol. The second kappa shape index (κ2) is 6.79. The molecular weight excluding hydrogens is 314 g/mol. The number of nitrogens with zero attached hydrogens (tertiary/aromatic N) is 1. The van der Waals surface area contributed by atoms with Gasteiger partial charge in [0, 0.05) is 19.0 Å². The van der Waals surface area contributed by atoms with Crippen LogP contribution < -0.4 is 9.47 Å². The quantitative estimate of drug-likeness (QED) is 0.856. The second-order valence-electron chi connectivity index (χ2n) is 6.82. The Morgan fingerprint density at radius 2 is 1.80 bits per heavy atom. The van der Waals surface area contributed by atoms with Crippen LogP contribution in [0.15, 0.2) is 42.5 Å². The molecule has 2 heterocycles. The minimum atomic E-state index is -0.0319. The van der Waals surface area contributed by atoms with Crippen LogP contribution in [0.5, 0.6) is 11.5 Å². The maximum Gasteiger partial charge on any atom is 0.231 e. The number of fused-ring (bicyclic) bond motifs is 2. The SMILES string of the molecule is CCCN1Cc2cc3c(cc2CC(Cc2ccccc2)C1=O)OCO3. The Kier molecular flexibility index (Phi) is 4.35. The Balaban J connectivity index is 1.68. The zero-order chi connectivity index (χ0) is 17.2. The van der Waals surface area contributed by atoms with Crippen LogP contribution in [0.25, 0.3) is 0 Å². The highest BCUT2D eigenvalue weighted by molar-refractivity contribution is 5.80. The second-order valence-corrected chi connectivity index (χ2v) is 6.82. The lowest BCUT2D eigenvalue weighted by Gasteiger charge is -2.24. The number of carbonyl (C=O) groups excluding carboxylic acids is 1. The summed E-state index contributed by atoms with van der Waals surface area (Å²) >= 11 is 0. The van der Waals surface area contributed by atoms with E-state index in [2.05, 4.69) is 31.2 Å². The molecule has 0 N–H and O–H groups in total. The summed E-state index contributed by atoms with van der Waals surface area (Å²) < 4.78 is 11.1. The van der Waals surface area contributed by atoms with Crippen molar-refractivity contribution < 1.29 is 14.3 Å². The first-order valence-electron chi connectivity index (χ1n) is 8.98. The molecule has 2 aromatic carbocycles. The molecule has 4 nitrogen and oxygen atoms in total. The van der Waals surface area contributed by atoms with Crippen molar-refractivity contribution in [2.45, 2.75) is 32.7 Å². The largest absolute Gasteiger partial charge is 0.454 e. The minimum Gasteiger partial charge on any atom is -0.454 e. The summed E-state index contributed by atoms with van der Waals surface area (Å²) in [6.07, 6.45) is 2.48. The molecule has 0 radical (unpaired) electrons. The van der Waals surface area contributed by atoms with E-state index in [9.17, 15) is 4.79 Å². The fourth-order valence-electron chi connectivity index (χ4n) is 3.78.